The van der Waals surface area contributed by atoms with Crippen LogP contribution in [0.3, 0.4) is 0 Å². The van der Waals surface area contributed by atoms with Gasteiger partial charge in [-0.15, -0.1) is 0 Å². The SMILES string of the molecule is CC1(C)COC(CCCC(=O)N2C(=O)OC[C@@H]2c2ccccc2)(c2ccc(F)cc2)OC1. The van der Waals surface area contributed by atoms with E-state index in [0.717, 1.165) is 5.56 Å². The normalized spacial score (nSPS) is 21.9. The van der Waals surface area contributed by atoms with Gasteiger partial charge in [0.1, 0.15) is 18.5 Å². The fraction of sp³-hybridized carbons (Fsp3) is 0.440. The van der Waals surface area contributed by atoms with Crippen LogP contribution in [0.1, 0.15) is 50.3 Å². The maximum Gasteiger partial charge on any atom is 0.417 e. The predicted molar refractivity (Wildman–Crippen MR) is 115 cm³/mol. The standard InChI is InChI=1S/C25H28FNO5/c1-24(2)16-31-25(32-17-24,19-10-12-20(26)13-11-19)14-6-9-22(28)27-21(15-30-23(27)29)18-7-4-3-5-8-18/h3-5,7-8,10-13,21H,6,9,14-17H2,1-2H3/t21-/m1/s1. The highest BCUT2D eigenvalue weighted by Gasteiger charge is 2.43. The minimum atomic E-state index is -1.05. The van der Waals surface area contributed by atoms with Gasteiger partial charge in [-0.05, 0) is 24.1 Å². The quantitative estimate of drug-likeness (QED) is 0.635. The Morgan fingerprint density at radius 1 is 1.06 bits per heavy atom. The van der Waals surface area contributed by atoms with Crippen LogP contribution in [0.5, 0.6) is 0 Å². The Kier molecular flexibility index (Phi) is 6.31. The number of carbonyl (C=O) groups is 2. The Morgan fingerprint density at radius 2 is 1.72 bits per heavy atom. The summed E-state index contributed by atoms with van der Waals surface area (Å²) in [6.07, 6.45) is 0.350. The lowest BCUT2D eigenvalue weighted by atomic mass is 9.91. The third-order valence-electron chi connectivity index (χ3n) is 5.90. The molecule has 2 aliphatic rings. The molecule has 2 aromatic carbocycles. The lowest BCUT2D eigenvalue weighted by Gasteiger charge is -2.44. The predicted octanol–water partition coefficient (Wildman–Crippen LogP) is 4.94. The molecule has 2 heterocycles. The van der Waals surface area contributed by atoms with Crippen molar-refractivity contribution in [2.24, 2.45) is 5.41 Å². The highest BCUT2D eigenvalue weighted by atomic mass is 19.1. The van der Waals surface area contributed by atoms with Crippen LogP contribution in [-0.2, 0) is 24.8 Å². The van der Waals surface area contributed by atoms with Gasteiger partial charge in [-0.2, -0.15) is 0 Å². The molecule has 170 valence electrons. The van der Waals surface area contributed by atoms with E-state index in [2.05, 4.69) is 0 Å². The van der Waals surface area contributed by atoms with Crippen molar-refractivity contribution >= 4 is 12.0 Å². The molecule has 0 radical (unpaired) electrons. The molecule has 0 bridgehead atoms. The van der Waals surface area contributed by atoms with E-state index in [9.17, 15) is 14.0 Å². The second-order valence-corrected chi connectivity index (χ2v) is 9.12. The molecule has 6 nitrogen and oxygen atoms in total. The van der Waals surface area contributed by atoms with Crippen LogP contribution in [-0.4, -0.2) is 36.7 Å². The van der Waals surface area contributed by atoms with Gasteiger partial charge in [-0.25, -0.2) is 14.1 Å². The number of halogens is 1. The number of amides is 2. The van der Waals surface area contributed by atoms with Crippen molar-refractivity contribution in [3.05, 3.63) is 71.5 Å². The van der Waals surface area contributed by atoms with Gasteiger partial charge in [-0.3, -0.25) is 4.79 Å². The Morgan fingerprint density at radius 3 is 2.38 bits per heavy atom. The lowest BCUT2D eigenvalue weighted by molar-refractivity contribution is -0.311. The van der Waals surface area contributed by atoms with Crippen LogP contribution in [0, 0.1) is 11.2 Å². The molecule has 2 aromatic rings. The van der Waals surface area contributed by atoms with E-state index in [1.165, 1.54) is 17.0 Å². The van der Waals surface area contributed by atoms with E-state index in [1.807, 2.05) is 44.2 Å². The van der Waals surface area contributed by atoms with Gasteiger partial charge in [0.2, 0.25) is 5.91 Å². The van der Waals surface area contributed by atoms with Gasteiger partial charge in [-0.1, -0.05) is 56.3 Å². The number of imide groups is 1. The second-order valence-electron chi connectivity index (χ2n) is 9.12. The molecule has 2 aliphatic heterocycles. The Bertz CT molecular complexity index is 950. The zero-order valence-electron chi connectivity index (χ0n) is 18.4. The molecule has 0 unspecified atom stereocenters. The third kappa shape index (κ3) is 4.69. The van der Waals surface area contributed by atoms with Crippen LogP contribution in [0.15, 0.2) is 54.6 Å². The first kappa shape index (κ1) is 22.4. The molecule has 7 heteroatoms. The summed E-state index contributed by atoms with van der Waals surface area (Å²) in [7, 11) is 0. The van der Waals surface area contributed by atoms with Gasteiger partial charge in [0.15, 0.2) is 5.79 Å². The third-order valence-corrected chi connectivity index (χ3v) is 5.90. The summed E-state index contributed by atoms with van der Waals surface area (Å²) < 4.78 is 31.0. The van der Waals surface area contributed by atoms with Crippen molar-refractivity contribution in [2.75, 3.05) is 19.8 Å². The summed E-state index contributed by atoms with van der Waals surface area (Å²) in [6.45, 7) is 5.21. The molecule has 32 heavy (non-hydrogen) atoms. The Hall–Kier alpha value is -2.77. The number of cyclic esters (lactones) is 1. The van der Waals surface area contributed by atoms with Crippen LogP contribution < -0.4 is 0 Å². The molecule has 0 saturated carbocycles. The van der Waals surface area contributed by atoms with Crippen molar-refractivity contribution in [1.29, 1.82) is 0 Å². The zero-order chi connectivity index (χ0) is 22.8. The van der Waals surface area contributed by atoms with Crippen LogP contribution in [0.25, 0.3) is 0 Å². The van der Waals surface area contributed by atoms with Crippen LogP contribution in [0.2, 0.25) is 0 Å². The molecular formula is C25H28FNO5. The number of nitrogens with zero attached hydrogens (tertiary/aromatic N) is 1. The molecule has 2 amide bonds. The molecule has 4 rings (SSSR count). The summed E-state index contributed by atoms with van der Waals surface area (Å²) in [6, 6.07) is 15.0. The fourth-order valence-electron chi connectivity index (χ4n) is 4.08. The zero-order valence-corrected chi connectivity index (χ0v) is 18.4. The fourth-order valence-corrected chi connectivity index (χ4v) is 4.08. The number of rotatable bonds is 6. The number of benzene rings is 2. The topological polar surface area (TPSA) is 65.1 Å². The molecule has 0 spiro atoms. The van der Waals surface area contributed by atoms with E-state index in [-0.39, 0.29) is 30.2 Å². The minimum absolute atomic E-state index is 0.136. The van der Waals surface area contributed by atoms with Crippen molar-refractivity contribution in [3.8, 4) is 0 Å². The molecule has 0 N–H and O–H groups in total. The number of hydrogen-bond donors (Lipinski definition) is 0. The Labute approximate surface area is 187 Å². The van der Waals surface area contributed by atoms with Gasteiger partial charge in [0, 0.05) is 23.8 Å². The van der Waals surface area contributed by atoms with Gasteiger partial charge in [0.25, 0.3) is 0 Å². The summed E-state index contributed by atoms with van der Waals surface area (Å²) in [5, 5.41) is 0. The summed E-state index contributed by atoms with van der Waals surface area (Å²) >= 11 is 0. The average Bonchev–Trinajstić information content (AvgIpc) is 3.18. The molecule has 2 saturated heterocycles. The summed E-state index contributed by atoms with van der Waals surface area (Å²) in [4.78, 5) is 26.4. The van der Waals surface area contributed by atoms with Gasteiger partial charge >= 0.3 is 6.09 Å². The van der Waals surface area contributed by atoms with E-state index in [1.54, 1.807) is 12.1 Å². The average molecular weight is 441 g/mol. The monoisotopic (exact) mass is 441 g/mol. The highest BCUT2D eigenvalue weighted by molar-refractivity contribution is 5.93. The van der Waals surface area contributed by atoms with Crippen molar-refractivity contribution < 1.29 is 28.2 Å². The van der Waals surface area contributed by atoms with Crippen LogP contribution >= 0.6 is 0 Å². The minimum Gasteiger partial charge on any atom is -0.446 e. The second kappa shape index (κ2) is 9.00. The maximum absolute atomic E-state index is 13.5. The maximum atomic E-state index is 13.5. The van der Waals surface area contributed by atoms with Crippen molar-refractivity contribution in [1.82, 2.24) is 4.90 Å². The van der Waals surface area contributed by atoms with E-state index in [4.69, 9.17) is 14.2 Å². The first-order chi connectivity index (χ1) is 15.3. The van der Waals surface area contributed by atoms with E-state index in [0.29, 0.717) is 31.6 Å². The Balaban J connectivity index is 1.45. The van der Waals surface area contributed by atoms with Crippen molar-refractivity contribution in [2.45, 2.75) is 44.9 Å². The van der Waals surface area contributed by atoms with E-state index >= 15 is 0 Å². The van der Waals surface area contributed by atoms with Crippen LogP contribution in [0.4, 0.5) is 9.18 Å². The summed E-state index contributed by atoms with van der Waals surface area (Å²) in [5.74, 6) is -1.69. The van der Waals surface area contributed by atoms with E-state index < -0.39 is 17.9 Å². The molecule has 0 aromatic heterocycles. The number of hydrogen-bond acceptors (Lipinski definition) is 5. The number of ether oxygens (including phenoxy) is 3. The molecular weight excluding hydrogens is 413 g/mol. The summed E-state index contributed by atoms with van der Waals surface area (Å²) in [5.41, 5.74) is 1.43. The molecule has 2 fully saturated rings. The largest absolute Gasteiger partial charge is 0.446 e. The molecule has 1 atom stereocenters. The van der Waals surface area contributed by atoms with Gasteiger partial charge < -0.3 is 14.2 Å². The molecule has 0 aliphatic carbocycles. The first-order valence-corrected chi connectivity index (χ1v) is 10.9. The van der Waals surface area contributed by atoms with Gasteiger partial charge in [0.05, 0.1) is 13.2 Å². The lowest BCUT2D eigenvalue weighted by Crippen LogP contribution is -2.45. The highest BCUT2D eigenvalue weighted by Crippen LogP contribution is 2.40. The first-order valence-electron chi connectivity index (χ1n) is 10.9. The number of carbonyl (C=O) groups excluding carboxylic acids is 2. The smallest absolute Gasteiger partial charge is 0.417 e. The van der Waals surface area contributed by atoms with Crippen molar-refractivity contribution in [3.63, 3.8) is 0 Å².